The average Bonchev–Trinajstić information content (AvgIpc) is 1.60. The van der Waals surface area contributed by atoms with Crippen molar-refractivity contribution in [1.82, 2.24) is 4.81 Å². The van der Waals surface area contributed by atoms with Gasteiger partial charge in [-0.15, -0.1) is 0 Å². The van der Waals surface area contributed by atoms with Crippen molar-refractivity contribution in [1.29, 1.82) is 0 Å². The SMILES string of the molecule is CC(C)N(C)[B]C(C)(C)C. The molecular weight excluding hydrogens is 121 g/mol. The van der Waals surface area contributed by atoms with Crippen LogP contribution in [-0.2, 0) is 0 Å². The minimum Gasteiger partial charge on any atom is -0.347 e. The molecule has 0 saturated carbocycles. The van der Waals surface area contributed by atoms with Gasteiger partial charge < -0.3 is 4.81 Å². The van der Waals surface area contributed by atoms with E-state index in [2.05, 4.69) is 53.9 Å². The maximum Gasteiger partial charge on any atom is 0.214 e. The molecule has 1 radical (unpaired) electrons. The predicted molar refractivity (Wildman–Crippen MR) is 48.4 cm³/mol. The van der Waals surface area contributed by atoms with Gasteiger partial charge in [0.2, 0.25) is 7.41 Å². The summed E-state index contributed by atoms with van der Waals surface area (Å²) in [6.07, 6.45) is 0. The van der Waals surface area contributed by atoms with E-state index < -0.39 is 0 Å². The third-order valence-corrected chi connectivity index (χ3v) is 1.41. The molecule has 10 heavy (non-hydrogen) atoms. The molecule has 0 unspecified atom stereocenters. The molecule has 0 saturated heterocycles. The van der Waals surface area contributed by atoms with Gasteiger partial charge in [0.15, 0.2) is 0 Å². The molecule has 0 fully saturated rings. The molecule has 1 nitrogen and oxygen atoms in total. The number of rotatable bonds is 2. The van der Waals surface area contributed by atoms with Crippen molar-refractivity contribution in [3.8, 4) is 0 Å². The Labute approximate surface area is 66.1 Å². The van der Waals surface area contributed by atoms with E-state index >= 15 is 0 Å². The predicted octanol–water partition coefficient (Wildman–Crippen LogP) is 2.16. The monoisotopic (exact) mass is 140 g/mol. The summed E-state index contributed by atoms with van der Waals surface area (Å²) < 4.78 is 0. The van der Waals surface area contributed by atoms with Gasteiger partial charge in [-0.3, -0.25) is 0 Å². The highest BCUT2D eigenvalue weighted by atomic mass is 15.0. The quantitative estimate of drug-likeness (QED) is 0.531. The topological polar surface area (TPSA) is 3.24 Å². The maximum absolute atomic E-state index is 2.26. The van der Waals surface area contributed by atoms with Crippen LogP contribution in [-0.4, -0.2) is 25.3 Å². The number of nitrogens with zero attached hydrogens (tertiary/aromatic N) is 1. The van der Waals surface area contributed by atoms with Gasteiger partial charge in [-0.25, -0.2) is 0 Å². The first-order valence-corrected chi connectivity index (χ1v) is 3.91. The van der Waals surface area contributed by atoms with E-state index in [1.165, 1.54) is 0 Å². The molecule has 0 spiro atoms. The van der Waals surface area contributed by atoms with Crippen LogP contribution in [0.4, 0.5) is 0 Å². The molecule has 0 amide bonds. The Hall–Kier alpha value is 0.0249. The van der Waals surface area contributed by atoms with Crippen LogP contribution < -0.4 is 0 Å². The van der Waals surface area contributed by atoms with Gasteiger partial charge in [-0.1, -0.05) is 34.6 Å². The Morgan fingerprint density at radius 2 is 1.60 bits per heavy atom. The Morgan fingerprint density at radius 1 is 1.20 bits per heavy atom. The Kier molecular flexibility index (Phi) is 3.43. The molecule has 2 heteroatoms. The van der Waals surface area contributed by atoms with Crippen LogP contribution in [0.15, 0.2) is 0 Å². The van der Waals surface area contributed by atoms with Crippen LogP contribution in [0.25, 0.3) is 0 Å². The molecule has 0 bridgehead atoms. The van der Waals surface area contributed by atoms with Crippen molar-refractivity contribution in [3.05, 3.63) is 0 Å². The Balaban J connectivity index is 3.68. The third-order valence-electron chi connectivity index (χ3n) is 1.41. The summed E-state index contributed by atoms with van der Waals surface area (Å²) in [6, 6.07) is 0.610. The van der Waals surface area contributed by atoms with Crippen LogP contribution in [0.3, 0.4) is 0 Å². The second-order valence-electron chi connectivity index (χ2n) is 4.25. The molecule has 0 rings (SSSR count). The lowest BCUT2D eigenvalue weighted by Crippen LogP contribution is -2.35. The van der Waals surface area contributed by atoms with E-state index in [1.54, 1.807) is 0 Å². The van der Waals surface area contributed by atoms with E-state index in [0.717, 1.165) is 0 Å². The molecule has 0 N–H and O–H groups in total. The first-order chi connectivity index (χ1) is 4.33. The second-order valence-corrected chi connectivity index (χ2v) is 4.25. The lowest BCUT2D eigenvalue weighted by molar-refractivity contribution is 0.425. The van der Waals surface area contributed by atoms with Crippen molar-refractivity contribution in [3.63, 3.8) is 0 Å². The zero-order valence-electron chi connectivity index (χ0n) is 8.10. The molecule has 0 atom stereocenters. The Bertz CT molecular complexity index is 93.9. The summed E-state index contributed by atoms with van der Waals surface area (Å²) >= 11 is 0. The van der Waals surface area contributed by atoms with Gasteiger partial charge in [-0.05, 0) is 18.4 Å². The van der Waals surface area contributed by atoms with Gasteiger partial charge >= 0.3 is 0 Å². The van der Waals surface area contributed by atoms with Crippen molar-refractivity contribution < 1.29 is 0 Å². The minimum atomic E-state index is 0.305. The third kappa shape index (κ3) is 4.86. The molecular formula is C8H19BN. The van der Waals surface area contributed by atoms with Gasteiger partial charge in [0, 0.05) is 0 Å². The van der Waals surface area contributed by atoms with Crippen LogP contribution in [0, 0.1) is 0 Å². The molecule has 59 valence electrons. The molecule has 0 aromatic rings. The Morgan fingerprint density at radius 3 is 1.70 bits per heavy atom. The fraction of sp³-hybridized carbons (Fsp3) is 1.00. The first kappa shape index (κ1) is 10.0. The van der Waals surface area contributed by atoms with Crippen molar-refractivity contribution >= 4 is 7.41 Å². The standard InChI is InChI=1S/C8H19BN/c1-7(2)10(6)9-8(3,4)5/h7H,1-6H3. The molecule has 0 aromatic heterocycles. The zero-order valence-corrected chi connectivity index (χ0v) is 8.10. The zero-order chi connectivity index (χ0) is 8.36. The first-order valence-electron chi connectivity index (χ1n) is 3.91. The van der Waals surface area contributed by atoms with E-state index in [4.69, 9.17) is 0 Å². The van der Waals surface area contributed by atoms with Crippen LogP contribution in [0.1, 0.15) is 34.6 Å². The van der Waals surface area contributed by atoms with E-state index in [1.807, 2.05) is 0 Å². The van der Waals surface area contributed by atoms with Crippen molar-refractivity contribution in [2.75, 3.05) is 7.05 Å². The van der Waals surface area contributed by atoms with Gasteiger partial charge in [-0.2, -0.15) is 0 Å². The van der Waals surface area contributed by atoms with Gasteiger partial charge in [0.1, 0.15) is 0 Å². The number of hydrogen-bond donors (Lipinski definition) is 0. The van der Waals surface area contributed by atoms with E-state index in [-0.39, 0.29) is 0 Å². The molecule has 0 aliphatic carbocycles. The van der Waals surface area contributed by atoms with Crippen molar-refractivity contribution in [2.24, 2.45) is 0 Å². The van der Waals surface area contributed by atoms with Gasteiger partial charge in [0.25, 0.3) is 0 Å². The highest BCUT2D eigenvalue weighted by molar-refractivity contribution is 6.36. The summed E-state index contributed by atoms with van der Waals surface area (Å²) in [5.74, 6) is 0. The second kappa shape index (κ2) is 3.43. The largest absolute Gasteiger partial charge is 0.347 e. The van der Waals surface area contributed by atoms with Gasteiger partial charge in [0.05, 0.1) is 0 Å². The number of hydrogen-bond acceptors (Lipinski definition) is 1. The smallest absolute Gasteiger partial charge is 0.214 e. The highest BCUT2D eigenvalue weighted by Gasteiger charge is 2.17. The molecule has 0 aromatic carbocycles. The summed E-state index contributed by atoms with van der Waals surface area (Å²) in [7, 11) is 4.38. The van der Waals surface area contributed by atoms with Crippen LogP contribution in [0.2, 0.25) is 5.31 Å². The maximum atomic E-state index is 2.26. The van der Waals surface area contributed by atoms with Crippen molar-refractivity contribution in [2.45, 2.75) is 46.0 Å². The van der Waals surface area contributed by atoms with Crippen LogP contribution in [0.5, 0.6) is 0 Å². The molecule has 0 aliphatic heterocycles. The van der Waals surface area contributed by atoms with E-state index in [0.29, 0.717) is 11.4 Å². The summed E-state index contributed by atoms with van der Waals surface area (Å²) in [6.45, 7) is 11.0. The minimum absolute atomic E-state index is 0.305. The summed E-state index contributed by atoms with van der Waals surface area (Å²) in [4.78, 5) is 2.25. The molecule has 0 heterocycles. The lowest BCUT2D eigenvalue weighted by atomic mass is 9.63. The fourth-order valence-electron chi connectivity index (χ4n) is 0.760. The fourth-order valence-corrected chi connectivity index (χ4v) is 0.760. The average molecular weight is 140 g/mol. The molecule has 0 aliphatic rings. The lowest BCUT2D eigenvalue weighted by Gasteiger charge is -2.27. The summed E-state index contributed by atoms with van der Waals surface area (Å²) in [5, 5.41) is 0.305. The normalized spacial score (nSPS) is 12.8. The van der Waals surface area contributed by atoms with E-state index in [9.17, 15) is 0 Å². The highest BCUT2D eigenvalue weighted by Crippen LogP contribution is 2.21. The van der Waals surface area contributed by atoms with Crippen LogP contribution >= 0.6 is 0 Å². The summed E-state index contributed by atoms with van der Waals surface area (Å²) in [5.41, 5.74) is 0.